The van der Waals surface area contributed by atoms with E-state index in [-0.39, 0.29) is 24.5 Å². The molecule has 1 unspecified atom stereocenters. The van der Waals surface area contributed by atoms with Crippen LogP contribution in [-0.2, 0) is 4.79 Å². The molecule has 2 rings (SSSR count). The first-order valence-corrected chi connectivity index (χ1v) is 8.16. The van der Waals surface area contributed by atoms with Gasteiger partial charge in [-0.25, -0.2) is 4.79 Å². The summed E-state index contributed by atoms with van der Waals surface area (Å²) in [7, 11) is 1.92. The number of rotatable bonds is 5. The van der Waals surface area contributed by atoms with Crippen LogP contribution in [-0.4, -0.2) is 55.6 Å². The fourth-order valence-corrected chi connectivity index (χ4v) is 3.22. The lowest BCUT2D eigenvalue weighted by atomic mass is 10.0. The number of imide groups is 1. The quantitative estimate of drug-likeness (QED) is 0.702. The minimum absolute atomic E-state index is 0.233. The Labute approximate surface area is 127 Å². The average Bonchev–Trinajstić information content (AvgIpc) is 2.91. The molecule has 2 aliphatic rings. The molecule has 0 radical (unpaired) electrons. The van der Waals surface area contributed by atoms with Crippen molar-refractivity contribution in [3.8, 4) is 0 Å². The van der Waals surface area contributed by atoms with Gasteiger partial charge in [-0.15, -0.1) is 0 Å². The second-order valence-corrected chi connectivity index (χ2v) is 6.35. The molecule has 1 atom stereocenters. The van der Waals surface area contributed by atoms with Gasteiger partial charge in [0.1, 0.15) is 0 Å². The smallest absolute Gasteiger partial charge is 0.321 e. The SMILES string of the molecule is CN(CC(=O)NC(=O)NC1CCCC1)CC1CCCCN1. The molecule has 3 N–H and O–H groups in total. The Morgan fingerprint density at radius 1 is 1.14 bits per heavy atom. The summed E-state index contributed by atoms with van der Waals surface area (Å²) in [5, 5.41) is 8.75. The summed E-state index contributed by atoms with van der Waals surface area (Å²) >= 11 is 0. The van der Waals surface area contributed by atoms with Crippen LogP contribution in [0.15, 0.2) is 0 Å². The number of nitrogens with zero attached hydrogens (tertiary/aromatic N) is 1. The minimum atomic E-state index is -0.351. The summed E-state index contributed by atoms with van der Waals surface area (Å²) in [6.45, 7) is 2.17. The molecule has 1 saturated heterocycles. The number of amides is 3. The van der Waals surface area contributed by atoms with E-state index in [1.54, 1.807) is 0 Å². The van der Waals surface area contributed by atoms with Gasteiger partial charge in [-0.05, 0) is 39.3 Å². The predicted octanol–water partition coefficient (Wildman–Crippen LogP) is 0.829. The third-order valence-corrected chi connectivity index (χ3v) is 4.30. The van der Waals surface area contributed by atoms with Crippen LogP contribution in [0.2, 0.25) is 0 Å². The Balaban J connectivity index is 1.61. The zero-order valence-corrected chi connectivity index (χ0v) is 13.0. The lowest BCUT2D eigenvalue weighted by Crippen LogP contribution is -2.48. The summed E-state index contributed by atoms with van der Waals surface area (Å²) in [6.07, 6.45) is 8.02. The van der Waals surface area contributed by atoms with Crippen molar-refractivity contribution in [1.82, 2.24) is 20.9 Å². The topological polar surface area (TPSA) is 73.5 Å². The van der Waals surface area contributed by atoms with Gasteiger partial charge in [-0.3, -0.25) is 15.0 Å². The molecule has 6 nitrogen and oxygen atoms in total. The molecule has 3 amide bonds. The maximum atomic E-state index is 11.8. The molecule has 0 aromatic carbocycles. The van der Waals surface area contributed by atoms with Crippen molar-refractivity contribution in [3.63, 3.8) is 0 Å². The molecule has 0 bridgehead atoms. The first kappa shape index (κ1) is 16.2. The Bertz CT molecular complexity index is 350. The van der Waals surface area contributed by atoms with Gasteiger partial charge in [0.25, 0.3) is 0 Å². The zero-order valence-electron chi connectivity index (χ0n) is 13.0. The fourth-order valence-electron chi connectivity index (χ4n) is 3.22. The number of carbonyl (C=O) groups excluding carboxylic acids is 2. The summed E-state index contributed by atoms with van der Waals surface area (Å²) in [5.41, 5.74) is 0. The van der Waals surface area contributed by atoms with Gasteiger partial charge < -0.3 is 10.6 Å². The van der Waals surface area contributed by atoms with Gasteiger partial charge in [0, 0.05) is 18.6 Å². The number of piperidine rings is 1. The summed E-state index contributed by atoms with van der Waals surface area (Å²) < 4.78 is 0. The highest BCUT2D eigenvalue weighted by atomic mass is 16.2. The minimum Gasteiger partial charge on any atom is -0.335 e. The van der Waals surface area contributed by atoms with E-state index in [0.29, 0.717) is 6.04 Å². The van der Waals surface area contributed by atoms with Crippen LogP contribution < -0.4 is 16.0 Å². The maximum Gasteiger partial charge on any atom is 0.321 e. The van der Waals surface area contributed by atoms with Crippen LogP contribution in [0.4, 0.5) is 4.79 Å². The van der Waals surface area contributed by atoms with Gasteiger partial charge >= 0.3 is 6.03 Å². The average molecular weight is 296 g/mol. The third-order valence-electron chi connectivity index (χ3n) is 4.30. The van der Waals surface area contributed by atoms with E-state index < -0.39 is 0 Å². The van der Waals surface area contributed by atoms with Crippen LogP contribution in [0.1, 0.15) is 44.9 Å². The number of likely N-dealkylation sites (N-methyl/N-ethyl adjacent to an activating group) is 1. The third kappa shape index (κ3) is 6.01. The van der Waals surface area contributed by atoms with E-state index in [0.717, 1.165) is 45.2 Å². The molecule has 2 fully saturated rings. The van der Waals surface area contributed by atoms with Crippen molar-refractivity contribution in [1.29, 1.82) is 0 Å². The molecule has 21 heavy (non-hydrogen) atoms. The van der Waals surface area contributed by atoms with Gasteiger partial charge in [0.2, 0.25) is 5.91 Å². The molecule has 1 saturated carbocycles. The van der Waals surface area contributed by atoms with E-state index in [2.05, 4.69) is 16.0 Å². The standard InChI is InChI=1S/C15H28N4O2/c1-19(10-13-8-4-5-9-16-13)11-14(20)18-15(21)17-12-6-2-3-7-12/h12-13,16H,2-11H2,1H3,(H2,17,18,20,21). The molecule has 1 aliphatic heterocycles. The van der Waals surface area contributed by atoms with E-state index in [4.69, 9.17) is 0 Å². The van der Waals surface area contributed by atoms with Crippen molar-refractivity contribution >= 4 is 11.9 Å². The largest absolute Gasteiger partial charge is 0.335 e. The Hall–Kier alpha value is -1.14. The van der Waals surface area contributed by atoms with E-state index in [1.807, 2.05) is 11.9 Å². The fraction of sp³-hybridized carbons (Fsp3) is 0.867. The second-order valence-electron chi connectivity index (χ2n) is 6.35. The van der Waals surface area contributed by atoms with E-state index in [9.17, 15) is 9.59 Å². The van der Waals surface area contributed by atoms with Crippen LogP contribution in [0.3, 0.4) is 0 Å². The Kier molecular flexibility index (Phi) is 6.45. The highest BCUT2D eigenvalue weighted by molar-refractivity contribution is 5.95. The molecule has 0 aromatic heterocycles. The van der Waals surface area contributed by atoms with Gasteiger partial charge in [-0.1, -0.05) is 19.3 Å². The number of hydrogen-bond donors (Lipinski definition) is 3. The van der Waals surface area contributed by atoms with Crippen LogP contribution >= 0.6 is 0 Å². The van der Waals surface area contributed by atoms with Gasteiger partial charge in [-0.2, -0.15) is 0 Å². The number of urea groups is 1. The highest BCUT2D eigenvalue weighted by Crippen LogP contribution is 2.17. The lowest BCUT2D eigenvalue weighted by molar-refractivity contribution is -0.120. The highest BCUT2D eigenvalue weighted by Gasteiger charge is 2.19. The summed E-state index contributed by atoms with van der Waals surface area (Å²) in [6, 6.07) is 0.349. The Morgan fingerprint density at radius 2 is 1.86 bits per heavy atom. The van der Waals surface area contributed by atoms with Crippen LogP contribution in [0, 0.1) is 0 Å². The van der Waals surface area contributed by atoms with Crippen molar-refractivity contribution in [2.24, 2.45) is 0 Å². The predicted molar refractivity (Wildman–Crippen MR) is 82.1 cm³/mol. The van der Waals surface area contributed by atoms with E-state index >= 15 is 0 Å². The zero-order chi connectivity index (χ0) is 15.1. The maximum absolute atomic E-state index is 11.8. The number of hydrogen-bond acceptors (Lipinski definition) is 4. The normalized spacial score (nSPS) is 23.2. The molecule has 0 aromatic rings. The molecule has 1 aliphatic carbocycles. The van der Waals surface area contributed by atoms with Crippen molar-refractivity contribution in [2.45, 2.75) is 57.0 Å². The Morgan fingerprint density at radius 3 is 2.52 bits per heavy atom. The van der Waals surface area contributed by atoms with Crippen molar-refractivity contribution in [3.05, 3.63) is 0 Å². The summed E-state index contributed by atoms with van der Waals surface area (Å²) in [4.78, 5) is 25.5. The van der Waals surface area contributed by atoms with E-state index in [1.165, 1.54) is 12.8 Å². The molecule has 120 valence electrons. The van der Waals surface area contributed by atoms with Gasteiger partial charge in [0.15, 0.2) is 0 Å². The van der Waals surface area contributed by atoms with Gasteiger partial charge in [0.05, 0.1) is 6.54 Å². The first-order valence-electron chi connectivity index (χ1n) is 8.16. The number of nitrogens with one attached hydrogen (secondary N) is 3. The first-order chi connectivity index (χ1) is 10.1. The van der Waals surface area contributed by atoms with Crippen LogP contribution in [0.25, 0.3) is 0 Å². The molecule has 0 spiro atoms. The van der Waals surface area contributed by atoms with Crippen molar-refractivity contribution < 1.29 is 9.59 Å². The molecular weight excluding hydrogens is 268 g/mol. The molecular formula is C15H28N4O2. The number of carbonyl (C=O) groups is 2. The molecule has 6 heteroatoms. The lowest BCUT2D eigenvalue weighted by Gasteiger charge is -2.27. The van der Waals surface area contributed by atoms with Crippen LogP contribution in [0.5, 0.6) is 0 Å². The molecule has 1 heterocycles. The summed E-state index contributed by atoms with van der Waals surface area (Å²) in [5.74, 6) is -0.233. The van der Waals surface area contributed by atoms with Crippen molar-refractivity contribution in [2.75, 3.05) is 26.7 Å². The second kappa shape index (κ2) is 8.34. The monoisotopic (exact) mass is 296 g/mol.